The third kappa shape index (κ3) is 2.03. The Hall–Kier alpha value is -1.78. The van der Waals surface area contributed by atoms with E-state index in [4.69, 9.17) is 21.8 Å². The Kier molecular flexibility index (Phi) is 2.84. The molecule has 1 aromatic heterocycles. The number of rotatable bonds is 2. The maximum Gasteiger partial charge on any atom is 0.228 e. The van der Waals surface area contributed by atoms with Gasteiger partial charge in [-0.3, -0.25) is 4.79 Å². The molecule has 19 heavy (non-hydrogen) atoms. The minimum absolute atomic E-state index is 0.0223. The Morgan fingerprint density at radius 2 is 2.26 bits per heavy atom. The van der Waals surface area contributed by atoms with Gasteiger partial charge in [-0.15, -0.1) is 0 Å². The van der Waals surface area contributed by atoms with Crippen LogP contribution in [-0.4, -0.2) is 5.91 Å². The molecule has 0 bridgehead atoms. The van der Waals surface area contributed by atoms with E-state index in [2.05, 4.69) is 5.32 Å². The number of aryl methyl sites for hydroxylation is 1. The van der Waals surface area contributed by atoms with Crippen LogP contribution in [0.25, 0.3) is 0 Å². The van der Waals surface area contributed by atoms with Crippen molar-refractivity contribution in [3.8, 4) is 0 Å². The second-order valence-corrected chi connectivity index (χ2v) is 5.11. The number of anilines is 1. The van der Waals surface area contributed by atoms with Crippen molar-refractivity contribution in [1.82, 2.24) is 0 Å². The first-order valence-corrected chi connectivity index (χ1v) is 6.36. The molecule has 1 amide bonds. The Morgan fingerprint density at radius 1 is 1.47 bits per heavy atom. The quantitative estimate of drug-likeness (QED) is 0.886. The van der Waals surface area contributed by atoms with Crippen molar-refractivity contribution in [2.24, 2.45) is 5.73 Å². The van der Waals surface area contributed by atoms with Crippen molar-refractivity contribution in [2.75, 3.05) is 5.32 Å². The van der Waals surface area contributed by atoms with Crippen molar-refractivity contribution >= 4 is 23.2 Å². The van der Waals surface area contributed by atoms with Crippen LogP contribution in [0.4, 0.5) is 5.69 Å². The molecule has 3 rings (SSSR count). The fourth-order valence-electron chi connectivity index (χ4n) is 2.35. The standard InChI is InChI=1S/C14H13ClN2O2/c1-7-2-3-19-14(7)13(16)9-4-8-5-12(18)17-11(8)6-10(9)15/h2-4,6,13H,5,16H2,1H3,(H,17,18). The van der Waals surface area contributed by atoms with Gasteiger partial charge in [-0.25, -0.2) is 0 Å². The fraction of sp³-hybridized carbons (Fsp3) is 0.214. The highest BCUT2D eigenvalue weighted by atomic mass is 35.5. The molecule has 1 aliphatic rings. The van der Waals surface area contributed by atoms with Gasteiger partial charge in [-0.05, 0) is 41.8 Å². The van der Waals surface area contributed by atoms with Crippen molar-refractivity contribution < 1.29 is 9.21 Å². The van der Waals surface area contributed by atoms with E-state index >= 15 is 0 Å². The molecule has 5 heteroatoms. The molecule has 1 aliphatic heterocycles. The molecular formula is C14H13ClN2O2. The van der Waals surface area contributed by atoms with Crippen LogP contribution in [-0.2, 0) is 11.2 Å². The summed E-state index contributed by atoms with van der Waals surface area (Å²) < 4.78 is 5.41. The van der Waals surface area contributed by atoms with Gasteiger partial charge in [0.2, 0.25) is 5.91 Å². The van der Waals surface area contributed by atoms with Crippen LogP contribution < -0.4 is 11.1 Å². The van der Waals surface area contributed by atoms with Crippen LogP contribution in [0.15, 0.2) is 28.9 Å². The lowest BCUT2D eigenvalue weighted by atomic mass is 9.99. The van der Waals surface area contributed by atoms with Crippen LogP contribution >= 0.6 is 11.6 Å². The van der Waals surface area contributed by atoms with Gasteiger partial charge in [0.25, 0.3) is 0 Å². The molecule has 0 saturated carbocycles. The highest BCUT2D eigenvalue weighted by Crippen LogP contribution is 2.35. The molecule has 1 atom stereocenters. The lowest BCUT2D eigenvalue weighted by Crippen LogP contribution is -2.13. The zero-order valence-corrected chi connectivity index (χ0v) is 11.1. The molecule has 2 heterocycles. The first kappa shape index (κ1) is 12.3. The zero-order valence-electron chi connectivity index (χ0n) is 10.4. The second-order valence-electron chi connectivity index (χ2n) is 4.70. The van der Waals surface area contributed by atoms with Gasteiger partial charge >= 0.3 is 0 Å². The molecule has 0 aliphatic carbocycles. The third-order valence-electron chi connectivity index (χ3n) is 3.37. The minimum atomic E-state index is -0.427. The highest BCUT2D eigenvalue weighted by molar-refractivity contribution is 6.32. The monoisotopic (exact) mass is 276 g/mol. The summed E-state index contributed by atoms with van der Waals surface area (Å²) in [6.07, 6.45) is 1.97. The second kappa shape index (κ2) is 4.40. The van der Waals surface area contributed by atoms with E-state index in [1.54, 1.807) is 12.3 Å². The number of furan rings is 1. The summed E-state index contributed by atoms with van der Waals surface area (Å²) in [7, 11) is 0. The predicted molar refractivity (Wildman–Crippen MR) is 73.3 cm³/mol. The molecule has 2 aromatic rings. The topological polar surface area (TPSA) is 68.3 Å². The molecule has 1 unspecified atom stereocenters. The van der Waals surface area contributed by atoms with Gasteiger partial charge in [-0.1, -0.05) is 11.6 Å². The fourth-order valence-corrected chi connectivity index (χ4v) is 2.63. The van der Waals surface area contributed by atoms with Crippen LogP contribution in [0, 0.1) is 6.92 Å². The maximum absolute atomic E-state index is 11.4. The van der Waals surface area contributed by atoms with E-state index in [0.29, 0.717) is 17.2 Å². The average Bonchev–Trinajstić information content (AvgIpc) is 2.92. The number of carbonyl (C=O) groups excluding carboxylic acids is 1. The number of fused-ring (bicyclic) bond motifs is 1. The number of nitrogens with one attached hydrogen (secondary N) is 1. The number of hydrogen-bond acceptors (Lipinski definition) is 3. The molecule has 0 spiro atoms. The normalized spacial score (nSPS) is 15.2. The van der Waals surface area contributed by atoms with E-state index < -0.39 is 6.04 Å². The van der Waals surface area contributed by atoms with Gasteiger partial charge < -0.3 is 15.5 Å². The van der Waals surface area contributed by atoms with Gasteiger partial charge in [0.15, 0.2) is 0 Å². The average molecular weight is 277 g/mol. The first-order valence-electron chi connectivity index (χ1n) is 5.98. The summed E-state index contributed by atoms with van der Waals surface area (Å²) >= 11 is 6.25. The van der Waals surface area contributed by atoms with Crippen LogP contribution in [0.2, 0.25) is 5.02 Å². The van der Waals surface area contributed by atoms with E-state index in [1.807, 2.05) is 19.1 Å². The van der Waals surface area contributed by atoms with E-state index in [1.165, 1.54) is 0 Å². The molecule has 98 valence electrons. The lowest BCUT2D eigenvalue weighted by molar-refractivity contribution is -0.115. The largest absolute Gasteiger partial charge is 0.467 e. The van der Waals surface area contributed by atoms with Gasteiger partial charge in [0.1, 0.15) is 5.76 Å². The maximum atomic E-state index is 11.4. The Balaban J connectivity index is 2.05. The number of nitrogens with two attached hydrogens (primary N) is 1. The summed E-state index contributed by atoms with van der Waals surface area (Å²) in [4.78, 5) is 11.4. The molecular weight excluding hydrogens is 264 g/mol. The van der Waals surface area contributed by atoms with E-state index in [9.17, 15) is 4.79 Å². The molecule has 1 aromatic carbocycles. The first-order chi connectivity index (χ1) is 9.06. The molecule has 3 N–H and O–H groups in total. The summed E-state index contributed by atoms with van der Waals surface area (Å²) in [5, 5.41) is 3.29. The number of benzene rings is 1. The molecule has 0 radical (unpaired) electrons. The summed E-state index contributed by atoms with van der Waals surface area (Å²) in [6, 6.07) is 5.06. The van der Waals surface area contributed by atoms with E-state index in [-0.39, 0.29) is 5.91 Å². The van der Waals surface area contributed by atoms with Crippen molar-refractivity contribution in [3.05, 3.63) is 51.9 Å². The Labute approximate surface area is 115 Å². The molecule has 0 saturated heterocycles. The SMILES string of the molecule is Cc1ccoc1C(N)c1cc2c(cc1Cl)NC(=O)C2. The van der Waals surface area contributed by atoms with Gasteiger partial charge in [-0.2, -0.15) is 0 Å². The molecule has 0 fully saturated rings. The third-order valence-corrected chi connectivity index (χ3v) is 3.69. The summed E-state index contributed by atoms with van der Waals surface area (Å²) in [6.45, 7) is 1.94. The lowest BCUT2D eigenvalue weighted by Gasteiger charge is -2.14. The smallest absolute Gasteiger partial charge is 0.228 e. The number of halogens is 1. The summed E-state index contributed by atoms with van der Waals surface area (Å²) in [5.74, 6) is 0.671. The Bertz CT molecular complexity index is 663. The van der Waals surface area contributed by atoms with Crippen molar-refractivity contribution in [1.29, 1.82) is 0 Å². The van der Waals surface area contributed by atoms with Gasteiger partial charge in [0.05, 0.1) is 18.7 Å². The number of hydrogen-bond donors (Lipinski definition) is 2. The van der Waals surface area contributed by atoms with Crippen molar-refractivity contribution in [2.45, 2.75) is 19.4 Å². The number of carbonyl (C=O) groups is 1. The highest BCUT2D eigenvalue weighted by Gasteiger charge is 2.23. The van der Waals surface area contributed by atoms with Crippen LogP contribution in [0.5, 0.6) is 0 Å². The van der Waals surface area contributed by atoms with Crippen molar-refractivity contribution in [3.63, 3.8) is 0 Å². The molecule has 4 nitrogen and oxygen atoms in total. The zero-order chi connectivity index (χ0) is 13.6. The number of amides is 1. The summed E-state index contributed by atoms with van der Waals surface area (Å²) in [5.41, 5.74) is 9.65. The van der Waals surface area contributed by atoms with Crippen LogP contribution in [0.1, 0.15) is 28.5 Å². The Morgan fingerprint density at radius 3 is 2.95 bits per heavy atom. The minimum Gasteiger partial charge on any atom is -0.467 e. The van der Waals surface area contributed by atoms with Gasteiger partial charge in [0, 0.05) is 10.7 Å². The predicted octanol–water partition coefficient (Wildman–Crippen LogP) is 2.78. The van der Waals surface area contributed by atoms with E-state index in [0.717, 1.165) is 22.4 Å². The van der Waals surface area contributed by atoms with Crippen LogP contribution in [0.3, 0.4) is 0 Å².